The molecule has 0 bridgehead atoms. The Morgan fingerprint density at radius 1 is 1.26 bits per heavy atom. The molecule has 5 nitrogen and oxygen atoms in total. The molecule has 1 aliphatic carbocycles. The number of para-hydroxylation sites is 1. The van der Waals surface area contributed by atoms with Crippen LogP contribution in [0.3, 0.4) is 0 Å². The highest BCUT2D eigenvalue weighted by atomic mass is 16.2. The number of fused-ring (bicyclic) bond motifs is 1. The van der Waals surface area contributed by atoms with Crippen LogP contribution in [0.1, 0.15) is 34.8 Å². The van der Waals surface area contributed by atoms with E-state index in [9.17, 15) is 4.79 Å². The van der Waals surface area contributed by atoms with E-state index in [4.69, 9.17) is 4.98 Å². The van der Waals surface area contributed by atoms with Gasteiger partial charge in [0.05, 0.1) is 44.3 Å². The Kier molecular flexibility index (Phi) is 3.75. The first kappa shape index (κ1) is 14.6. The molecule has 5 heteroatoms. The molecule has 2 fully saturated rings. The molecule has 4 rings (SSSR count). The van der Waals surface area contributed by atoms with Crippen LogP contribution in [0.15, 0.2) is 30.3 Å². The number of pyridine rings is 1. The van der Waals surface area contributed by atoms with E-state index < -0.39 is 0 Å². The Balaban J connectivity index is 1.62. The molecule has 1 aliphatic heterocycles. The van der Waals surface area contributed by atoms with E-state index in [2.05, 4.69) is 12.5 Å². The molecule has 2 heterocycles. The standard InChI is InChI=1S/C18H22N4O/c1-21-8-10-22(11-9-21)20-18(23)15-12-17(13-6-7-13)19-16-5-3-2-4-14(15)16/h2-5,12-13H,6-11H2,1H3,(H,20,23)/p+1. The molecule has 1 saturated carbocycles. The maximum absolute atomic E-state index is 12.8. The first-order valence-electron chi connectivity index (χ1n) is 8.47. The maximum atomic E-state index is 12.8. The number of likely N-dealkylation sites (N-methyl/N-ethyl adjacent to an activating group) is 1. The van der Waals surface area contributed by atoms with Gasteiger partial charge in [-0.2, -0.15) is 0 Å². The fourth-order valence-electron chi connectivity index (χ4n) is 3.18. The van der Waals surface area contributed by atoms with Crippen molar-refractivity contribution in [2.24, 2.45) is 0 Å². The molecule has 1 aromatic heterocycles. The average Bonchev–Trinajstić information content (AvgIpc) is 3.41. The van der Waals surface area contributed by atoms with Crippen molar-refractivity contribution in [2.75, 3.05) is 33.2 Å². The molecule has 2 aliphatic rings. The third-order valence-electron chi connectivity index (χ3n) is 4.85. The normalized spacial score (nSPS) is 19.9. The molecule has 23 heavy (non-hydrogen) atoms. The van der Waals surface area contributed by atoms with Gasteiger partial charge in [0, 0.05) is 17.0 Å². The highest BCUT2D eigenvalue weighted by Crippen LogP contribution is 2.40. The third-order valence-corrected chi connectivity index (χ3v) is 4.85. The number of piperazine rings is 1. The van der Waals surface area contributed by atoms with Gasteiger partial charge >= 0.3 is 0 Å². The van der Waals surface area contributed by atoms with Gasteiger partial charge in [-0.05, 0) is 25.0 Å². The quantitative estimate of drug-likeness (QED) is 0.872. The van der Waals surface area contributed by atoms with E-state index in [1.54, 1.807) is 0 Å². The fraction of sp³-hybridized carbons (Fsp3) is 0.444. The predicted octanol–water partition coefficient (Wildman–Crippen LogP) is 0.587. The van der Waals surface area contributed by atoms with Crippen molar-refractivity contribution in [3.8, 4) is 0 Å². The molecular weight excluding hydrogens is 288 g/mol. The minimum absolute atomic E-state index is 0.00921. The topological polar surface area (TPSA) is 49.7 Å². The van der Waals surface area contributed by atoms with Crippen molar-refractivity contribution in [3.05, 3.63) is 41.6 Å². The smallest absolute Gasteiger partial charge is 0.266 e. The molecular formula is C18H23N4O+. The summed E-state index contributed by atoms with van der Waals surface area (Å²) < 4.78 is 0. The summed E-state index contributed by atoms with van der Waals surface area (Å²) in [5, 5.41) is 2.98. The Morgan fingerprint density at radius 3 is 2.74 bits per heavy atom. The summed E-state index contributed by atoms with van der Waals surface area (Å²) in [6, 6.07) is 9.93. The second kappa shape index (κ2) is 5.91. The lowest BCUT2D eigenvalue weighted by Crippen LogP contribution is -3.12. The van der Waals surface area contributed by atoms with Gasteiger partial charge in [0.2, 0.25) is 0 Å². The third kappa shape index (κ3) is 3.07. The molecule has 0 spiro atoms. The number of carbonyl (C=O) groups is 1. The number of hydrazine groups is 1. The number of hydrogen-bond acceptors (Lipinski definition) is 3. The predicted molar refractivity (Wildman–Crippen MR) is 89.4 cm³/mol. The summed E-state index contributed by atoms with van der Waals surface area (Å²) in [5.41, 5.74) is 5.83. The van der Waals surface area contributed by atoms with E-state index in [1.807, 2.05) is 35.3 Å². The molecule has 0 radical (unpaired) electrons. The highest BCUT2D eigenvalue weighted by molar-refractivity contribution is 6.06. The molecule has 1 saturated heterocycles. The zero-order valence-electron chi connectivity index (χ0n) is 13.5. The van der Waals surface area contributed by atoms with Crippen LogP contribution in [0, 0.1) is 0 Å². The summed E-state index contributed by atoms with van der Waals surface area (Å²) in [7, 11) is 2.19. The van der Waals surface area contributed by atoms with Crippen molar-refractivity contribution >= 4 is 16.8 Å². The zero-order valence-corrected chi connectivity index (χ0v) is 13.5. The molecule has 0 atom stereocenters. The molecule has 120 valence electrons. The van der Waals surface area contributed by atoms with Crippen molar-refractivity contribution in [1.29, 1.82) is 0 Å². The van der Waals surface area contributed by atoms with Gasteiger partial charge in [-0.3, -0.25) is 15.2 Å². The number of aromatic nitrogens is 1. The van der Waals surface area contributed by atoms with E-state index in [1.165, 1.54) is 17.7 Å². The lowest BCUT2D eigenvalue weighted by molar-refractivity contribution is -0.884. The Labute approximate surface area is 136 Å². The number of amides is 1. The van der Waals surface area contributed by atoms with Crippen molar-refractivity contribution in [1.82, 2.24) is 15.4 Å². The van der Waals surface area contributed by atoms with Crippen LogP contribution < -0.4 is 10.3 Å². The van der Waals surface area contributed by atoms with Crippen molar-refractivity contribution in [3.63, 3.8) is 0 Å². The first-order valence-corrected chi connectivity index (χ1v) is 8.47. The molecule has 0 unspecified atom stereocenters. The van der Waals surface area contributed by atoms with Crippen molar-refractivity contribution < 1.29 is 9.69 Å². The molecule has 1 aromatic carbocycles. The number of hydrogen-bond donors (Lipinski definition) is 2. The SMILES string of the molecule is C[NH+]1CCN(NC(=O)c2cc(C3CC3)nc3ccccc23)CC1. The maximum Gasteiger partial charge on any atom is 0.266 e. The second-order valence-electron chi connectivity index (χ2n) is 6.77. The number of nitrogens with zero attached hydrogens (tertiary/aromatic N) is 2. The van der Waals surface area contributed by atoms with Gasteiger partial charge in [-0.25, -0.2) is 5.01 Å². The lowest BCUT2D eigenvalue weighted by atomic mass is 10.1. The molecule has 2 aromatic rings. The van der Waals surface area contributed by atoms with Gasteiger partial charge in [-0.15, -0.1) is 0 Å². The largest absolute Gasteiger partial charge is 0.335 e. The fourth-order valence-corrected chi connectivity index (χ4v) is 3.18. The number of carbonyl (C=O) groups excluding carboxylic acids is 1. The van der Waals surface area contributed by atoms with Crippen LogP contribution in [0.5, 0.6) is 0 Å². The minimum Gasteiger partial charge on any atom is -0.335 e. The number of rotatable bonds is 3. The number of nitrogens with one attached hydrogen (secondary N) is 2. The second-order valence-corrected chi connectivity index (χ2v) is 6.77. The van der Waals surface area contributed by atoms with Crippen molar-refractivity contribution in [2.45, 2.75) is 18.8 Å². The van der Waals surface area contributed by atoms with Crippen LogP contribution in [0.2, 0.25) is 0 Å². The highest BCUT2D eigenvalue weighted by Gasteiger charge is 2.27. The Bertz CT molecular complexity index is 733. The average molecular weight is 311 g/mol. The van der Waals surface area contributed by atoms with E-state index in [0.717, 1.165) is 48.3 Å². The lowest BCUT2D eigenvalue weighted by Gasteiger charge is -2.30. The van der Waals surface area contributed by atoms with E-state index >= 15 is 0 Å². The molecule has 2 N–H and O–H groups in total. The Hall–Kier alpha value is -1.98. The van der Waals surface area contributed by atoms with Gasteiger partial charge in [0.25, 0.3) is 5.91 Å². The monoisotopic (exact) mass is 311 g/mol. The van der Waals surface area contributed by atoms with E-state index in [0.29, 0.717) is 5.92 Å². The zero-order chi connectivity index (χ0) is 15.8. The minimum atomic E-state index is -0.00921. The Morgan fingerprint density at radius 2 is 2.00 bits per heavy atom. The first-order chi connectivity index (χ1) is 11.2. The molecule has 1 amide bonds. The van der Waals surface area contributed by atoms with Crippen LogP contribution in [-0.4, -0.2) is 49.1 Å². The summed E-state index contributed by atoms with van der Waals surface area (Å²) in [5.74, 6) is 0.531. The summed E-state index contributed by atoms with van der Waals surface area (Å²) in [6.45, 7) is 3.92. The van der Waals surface area contributed by atoms with Gasteiger partial charge in [0.1, 0.15) is 0 Å². The van der Waals surface area contributed by atoms with Gasteiger partial charge < -0.3 is 4.90 Å². The van der Waals surface area contributed by atoms with Gasteiger partial charge in [-0.1, -0.05) is 18.2 Å². The van der Waals surface area contributed by atoms with Crippen LogP contribution in [0.4, 0.5) is 0 Å². The van der Waals surface area contributed by atoms with E-state index in [-0.39, 0.29) is 5.91 Å². The number of benzene rings is 1. The summed E-state index contributed by atoms with van der Waals surface area (Å²) in [4.78, 5) is 19.1. The van der Waals surface area contributed by atoms with Crippen LogP contribution >= 0.6 is 0 Å². The number of quaternary nitrogens is 1. The van der Waals surface area contributed by atoms with Gasteiger partial charge in [0.15, 0.2) is 0 Å². The summed E-state index contributed by atoms with van der Waals surface area (Å²) >= 11 is 0. The van der Waals surface area contributed by atoms with Crippen LogP contribution in [-0.2, 0) is 0 Å². The summed E-state index contributed by atoms with van der Waals surface area (Å²) in [6.07, 6.45) is 2.38. The van der Waals surface area contributed by atoms with Crippen LogP contribution in [0.25, 0.3) is 10.9 Å².